The predicted octanol–water partition coefficient (Wildman–Crippen LogP) is 10.2. The lowest BCUT2D eigenvalue weighted by Gasteiger charge is -2.40. The molecule has 6 unspecified atom stereocenters. The topological polar surface area (TPSA) is 186 Å². The maximum Gasteiger partial charge on any atom is 0.306 e. The Bertz CT molecular complexity index is 1170. The highest BCUT2D eigenvalue weighted by atomic mass is 32.2. The first-order valence-electron chi connectivity index (χ1n) is 24.2. The lowest BCUT2D eigenvalue weighted by atomic mass is 10.00. The first-order chi connectivity index (χ1) is 29.0. The van der Waals surface area contributed by atoms with Crippen LogP contribution in [0.2, 0.25) is 0 Å². The van der Waals surface area contributed by atoms with E-state index in [1.165, 1.54) is 122 Å². The number of rotatable bonds is 41. The van der Waals surface area contributed by atoms with Gasteiger partial charge in [-0.1, -0.05) is 180 Å². The van der Waals surface area contributed by atoms with Gasteiger partial charge in [0.1, 0.15) is 36.8 Å². The molecule has 13 heteroatoms. The average molecular weight is 877 g/mol. The van der Waals surface area contributed by atoms with E-state index in [2.05, 4.69) is 26.0 Å². The molecule has 354 valence electrons. The summed E-state index contributed by atoms with van der Waals surface area (Å²) in [5, 5.41) is 30.9. The number of aliphatic hydroxyl groups is 3. The second-order valence-corrected chi connectivity index (χ2v) is 18.6. The zero-order valence-electron chi connectivity index (χ0n) is 37.8. The minimum absolute atomic E-state index is 0.158. The molecule has 4 N–H and O–H groups in total. The molecule has 1 rings (SSSR count). The van der Waals surface area contributed by atoms with Crippen molar-refractivity contribution in [3.05, 3.63) is 12.2 Å². The second-order valence-electron chi connectivity index (χ2n) is 17.1. The van der Waals surface area contributed by atoms with E-state index in [0.717, 1.165) is 57.8 Å². The number of aliphatic hydroxyl groups excluding tert-OH is 3. The van der Waals surface area contributed by atoms with Crippen molar-refractivity contribution in [1.29, 1.82) is 0 Å². The molecule has 0 saturated carbocycles. The van der Waals surface area contributed by atoms with E-state index in [1.807, 2.05) is 0 Å². The molecule has 0 amide bonds. The van der Waals surface area contributed by atoms with E-state index >= 15 is 0 Å². The molecule has 0 aliphatic carbocycles. The minimum atomic E-state index is -4.60. The van der Waals surface area contributed by atoms with Crippen molar-refractivity contribution < 1.29 is 56.8 Å². The van der Waals surface area contributed by atoms with Crippen molar-refractivity contribution in [2.24, 2.45) is 0 Å². The lowest BCUT2D eigenvalue weighted by molar-refractivity contribution is -0.297. The van der Waals surface area contributed by atoms with Gasteiger partial charge in [0.2, 0.25) is 0 Å². The van der Waals surface area contributed by atoms with Crippen LogP contribution in [-0.4, -0.2) is 96.0 Å². The Morgan fingerprint density at radius 2 is 0.950 bits per heavy atom. The molecule has 0 aromatic carbocycles. The number of hydrogen-bond acceptors (Lipinski definition) is 11. The van der Waals surface area contributed by atoms with Gasteiger partial charge in [-0.2, -0.15) is 8.42 Å². The molecule has 1 heterocycles. The maximum absolute atomic E-state index is 12.8. The SMILES string of the molecule is CCCCCCC/C=C\CCCCCCCC(=O)OC(COC(=O)CCCCCCCCCCCCCCCCCCCC)COC1OC(CS(=O)(=O)O)C(O)C(O)C1O. The second kappa shape index (κ2) is 37.9. The fourth-order valence-electron chi connectivity index (χ4n) is 7.56. The molecule has 0 aromatic rings. The summed E-state index contributed by atoms with van der Waals surface area (Å²) in [6.07, 6.45) is 31.1. The first-order valence-corrected chi connectivity index (χ1v) is 25.9. The molecule has 0 radical (unpaired) electrons. The fraction of sp³-hybridized carbons (Fsp3) is 0.915. The van der Waals surface area contributed by atoms with Gasteiger partial charge < -0.3 is 34.3 Å². The van der Waals surface area contributed by atoms with Gasteiger partial charge in [0.05, 0.1) is 6.61 Å². The molecule has 0 aromatic heterocycles. The first kappa shape index (κ1) is 56.4. The Morgan fingerprint density at radius 1 is 0.550 bits per heavy atom. The lowest BCUT2D eigenvalue weighted by Crippen LogP contribution is -2.60. The Labute approximate surface area is 365 Å². The van der Waals surface area contributed by atoms with E-state index in [4.69, 9.17) is 18.9 Å². The van der Waals surface area contributed by atoms with E-state index < -0.39 is 71.2 Å². The van der Waals surface area contributed by atoms with Gasteiger partial charge in [0.25, 0.3) is 10.1 Å². The fourth-order valence-corrected chi connectivity index (χ4v) is 8.25. The van der Waals surface area contributed by atoms with Crippen molar-refractivity contribution in [2.75, 3.05) is 19.0 Å². The summed E-state index contributed by atoms with van der Waals surface area (Å²) in [7, 11) is -4.60. The van der Waals surface area contributed by atoms with Gasteiger partial charge in [0, 0.05) is 12.8 Å². The van der Waals surface area contributed by atoms with Gasteiger partial charge in [-0.25, -0.2) is 0 Å². The Balaban J connectivity index is 2.39. The molecule has 0 bridgehead atoms. The summed E-state index contributed by atoms with van der Waals surface area (Å²) in [5.41, 5.74) is 0. The molecule has 6 atom stereocenters. The van der Waals surface area contributed by atoms with Crippen molar-refractivity contribution in [1.82, 2.24) is 0 Å². The van der Waals surface area contributed by atoms with Crippen LogP contribution < -0.4 is 0 Å². The summed E-state index contributed by atoms with van der Waals surface area (Å²) in [6.45, 7) is 3.77. The molecule has 1 fully saturated rings. The number of ether oxygens (including phenoxy) is 4. The third kappa shape index (κ3) is 32.1. The molecule has 12 nitrogen and oxygen atoms in total. The van der Waals surface area contributed by atoms with Crippen LogP contribution in [0.4, 0.5) is 0 Å². The summed E-state index contributed by atoms with van der Waals surface area (Å²) in [4.78, 5) is 25.4. The number of hydrogen-bond donors (Lipinski definition) is 4. The van der Waals surface area contributed by atoms with Crippen LogP contribution in [0.15, 0.2) is 12.2 Å². The number of esters is 2. The average Bonchev–Trinajstić information content (AvgIpc) is 3.21. The normalized spacial score (nSPS) is 20.1. The van der Waals surface area contributed by atoms with Gasteiger partial charge >= 0.3 is 11.9 Å². The van der Waals surface area contributed by atoms with Crippen LogP contribution in [0, 0.1) is 0 Å². The van der Waals surface area contributed by atoms with Crippen molar-refractivity contribution in [3.63, 3.8) is 0 Å². The molecular formula is C47H88O12S. The third-order valence-corrected chi connectivity index (χ3v) is 12.1. The van der Waals surface area contributed by atoms with Crippen LogP contribution in [0.3, 0.4) is 0 Å². The van der Waals surface area contributed by atoms with Gasteiger partial charge in [-0.3, -0.25) is 14.1 Å². The summed E-state index contributed by atoms with van der Waals surface area (Å²) < 4.78 is 54.1. The largest absolute Gasteiger partial charge is 0.462 e. The Kier molecular flexibility index (Phi) is 35.6. The minimum Gasteiger partial charge on any atom is -0.462 e. The predicted molar refractivity (Wildman–Crippen MR) is 238 cm³/mol. The van der Waals surface area contributed by atoms with E-state index in [1.54, 1.807) is 0 Å². The summed E-state index contributed by atoms with van der Waals surface area (Å²) in [6, 6.07) is 0. The molecule has 1 saturated heterocycles. The highest BCUT2D eigenvalue weighted by Gasteiger charge is 2.46. The number of carbonyl (C=O) groups is 2. The van der Waals surface area contributed by atoms with Gasteiger partial charge in [-0.05, 0) is 38.5 Å². The Morgan fingerprint density at radius 3 is 1.38 bits per heavy atom. The third-order valence-electron chi connectivity index (χ3n) is 11.3. The molecule has 60 heavy (non-hydrogen) atoms. The van der Waals surface area contributed by atoms with Crippen LogP contribution in [0.1, 0.15) is 219 Å². The standard InChI is InChI=1S/C47H88O12S/c1-3-5-7-9-11-13-15-17-19-20-21-22-24-25-27-29-31-33-35-42(48)56-37-40(38-57-47-46(52)45(51)44(50)41(59-47)39-60(53,54)55)58-43(49)36-34-32-30-28-26-23-18-16-14-12-10-8-6-4-2/h16,18,40-41,44-47,50-52H,3-15,17,19-39H2,1-2H3,(H,53,54,55)/b18-16-. The number of carbonyl (C=O) groups excluding carboxylic acids is 2. The maximum atomic E-state index is 12.8. The monoisotopic (exact) mass is 877 g/mol. The molecule has 1 aliphatic heterocycles. The smallest absolute Gasteiger partial charge is 0.306 e. The van der Waals surface area contributed by atoms with Crippen LogP contribution in [0.5, 0.6) is 0 Å². The van der Waals surface area contributed by atoms with Crippen LogP contribution >= 0.6 is 0 Å². The highest BCUT2D eigenvalue weighted by Crippen LogP contribution is 2.24. The number of unbranched alkanes of at least 4 members (excludes halogenated alkanes) is 27. The van der Waals surface area contributed by atoms with E-state index in [0.29, 0.717) is 12.8 Å². The zero-order valence-corrected chi connectivity index (χ0v) is 38.6. The van der Waals surface area contributed by atoms with Crippen LogP contribution in [-0.2, 0) is 38.7 Å². The summed E-state index contributed by atoms with van der Waals surface area (Å²) in [5.74, 6) is -1.98. The van der Waals surface area contributed by atoms with Crippen molar-refractivity contribution in [3.8, 4) is 0 Å². The number of allylic oxidation sites excluding steroid dienone is 2. The van der Waals surface area contributed by atoms with E-state index in [-0.39, 0.29) is 19.4 Å². The van der Waals surface area contributed by atoms with E-state index in [9.17, 15) is 37.9 Å². The van der Waals surface area contributed by atoms with Crippen LogP contribution in [0.25, 0.3) is 0 Å². The zero-order chi connectivity index (χ0) is 44.1. The molecule has 1 aliphatic rings. The summed E-state index contributed by atoms with van der Waals surface area (Å²) >= 11 is 0. The van der Waals surface area contributed by atoms with Crippen molar-refractivity contribution in [2.45, 2.75) is 256 Å². The molecule has 0 spiro atoms. The molecular weight excluding hydrogens is 789 g/mol. The quantitative estimate of drug-likeness (QED) is 0.0197. The van der Waals surface area contributed by atoms with Gasteiger partial charge in [-0.15, -0.1) is 0 Å². The highest BCUT2D eigenvalue weighted by molar-refractivity contribution is 7.85. The Hall–Kier alpha value is -1.61. The van der Waals surface area contributed by atoms with Crippen molar-refractivity contribution >= 4 is 22.1 Å². The van der Waals surface area contributed by atoms with Gasteiger partial charge in [0.15, 0.2) is 12.4 Å².